The van der Waals surface area contributed by atoms with Gasteiger partial charge in [0.05, 0.1) is 21.9 Å². The molecule has 1 amide bonds. The molecule has 5 aromatic rings. The van der Waals surface area contributed by atoms with E-state index in [9.17, 15) is 14.0 Å². The van der Waals surface area contributed by atoms with Crippen molar-refractivity contribution in [2.24, 2.45) is 0 Å². The summed E-state index contributed by atoms with van der Waals surface area (Å²) in [5.41, 5.74) is 3.11. The van der Waals surface area contributed by atoms with E-state index in [2.05, 4.69) is 20.3 Å². The maximum absolute atomic E-state index is 13.2. The molecule has 0 radical (unpaired) electrons. The van der Waals surface area contributed by atoms with Gasteiger partial charge in [0.25, 0.3) is 5.56 Å². The average molecular weight is 427 g/mol. The highest BCUT2D eigenvalue weighted by atomic mass is 19.1. The summed E-state index contributed by atoms with van der Waals surface area (Å²) in [5.74, 6) is 0.417. The van der Waals surface area contributed by atoms with Crippen molar-refractivity contribution in [1.29, 1.82) is 0 Å². The first-order chi connectivity index (χ1) is 15.5. The van der Waals surface area contributed by atoms with E-state index in [-0.39, 0.29) is 23.8 Å². The van der Waals surface area contributed by atoms with Gasteiger partial charge in [-0.05, 0) is 61.5 Å². The first-order valence-electron chi connectivity index (χ1n) is 10.00. The number of para-hydroxylation sites is 1. The van der Waals surface area contributed by atoms with Crippen LogP contribution in [0.3, 0.4) is 0 Å². The van der Waals surface area contributed by atoms with E-state index >= 15 is 0 Å². The number of halogens is 1. The highest BCUT2D eigenvalue weighted by Gasteiger charge is 2.12. The Morgan fingerprint density at radius 1 is 1.03 bits per heavy atom. The highest BCUT2D eigenvalue weighted by Crippen LogP contribution is 2.23. The van der Waals surface area contributed by atoms with Crippen LogP contribution in [-0.2, 0) is 11.3 Å². The van der Waals surface area contributed by atoms with Gasteiger partial charge in [0.15, 0.2) is 0 Å². The van der Waals surface area contributed by atoms with Gasteiger partial charge in [0, 0.05) is 11.3 Å². The lowest BCUT2D eigenvalue weighted by Crippen LogP contribution is -2.30. The fourth-order valence-electron chi connectivity index (χ4n) is 3.64. The molecule has 2 N–H and O–H groups in total. The summed E-state index contributed by atoms with van der Waals surface area (Å²) < 4.78 is 14.5. The van der Waals surface area contributed by atoms with Gasteiger partial charge >= 0.3 is 0 Å². The maximum Gasteiger partial charge on any atom is 0.261 e. The monoisotopic (exact) mass is 427 g/mol. The van der Waals surface area contributed by atoms with Crippen molar-refractivity contribution in [3.63, 3.8) is 0 Å². The molecule has 7 nitrogen and oxygen atoms in total. The fraction of sp³-hybridized carbons (Fsp3) is 0.0833. The van der Waals surface area contributed by atoms with Crippen molar-refractivity contribution in [1.82, 2.24) is 19.5 Å². The van der Waals surface area contributed by atoms with Crippen LogP contribution in [0.15, 0.2) is 71.5 Å². The second-order valence-electron chi connectivity index (χ2n) is 7.44. The van der Waals surface area contributed by atoms with Crippen molar-refractivity contribution >= 4 is 33.5 Å². The quantitative estimate of drug-likeness (QED) is 0.453. The van der Waals surface area contributed by atoms with Crippen LogP contribution in [0.2, 0.25) is 0 Å². The molecule has 158 valence electrons. The molecule has 0 unspecified atom stereocenters. The number of anilines is 1. The SMILES string of the molecule is Cc1nc2ccccc2c(=O)n1CC(=O)Nc1ccc2nc(-c3ccc(F)cc3)[nH]c2c1. The van der Waals surface area contributed by atoms with E-state index in [1.165, 1.54) is 16.7 Å². The Bertz CT molecular complexity index is 1540. The number of fused-ring (bicyclic) bond motifs is 2. The lowest BCUT2D eigenvalue weighted by atomic mass is 10.2. The largest absolute Gasteiger partial charge is 0.338 e. The summed E-state index contributed by atoms with van der Waals surface area (Å²) >= 11 is 0. The van der Waals surface area contributed by atoms with Gasteiger partial charge in [-0.3, -0.25) is 14.2 Å². The fourth-order valence-corrected chi connectivity index (χ4v) is 3.64. The van der Waals surface area contributed by atoms with Crippen LogP contribution >= 0.6 is 0 Å². The first-order valence-corrected chi connectivity index (χ1v) is 10.00. The van der Waals surface area contributed by atoms with Gasteiger partial charge in [0.2, 0.25) is 5.91 Å². The van der Waals surface area contributed by atoms with Crippen LogP contribution in [0, 0.1) is 12.7 Å². The molecule has 0 saturated heterocycles. The minimum atomic E-state index is -0.343. The third-order valence-electron chi connectivity index (χ3n) is 5.24. The Kier molecular flexibility index (Phi) is 4.74. The number of H-pyrrole nitrogens is 1. The van der Waals surface area contributed by atoms with Crippen molar-refractivity contribution in [3.05, 3.63) is 88.7 Å². The van der Waals surface area contributed by atoms with Crippen LogP contribution in [0.1, 0.15) is 5.82 Å². The second-order valence-corrected chi connectivity index (χ2v) is 7.44. The molecule has 0 aliphatic heterocycles. The van der Waals surface area contributed by atoms with Crippen LogP contribution in [0.5, 0.6) is 0 Å². The van der Waals surface area contributed by atoms with Crippen molar-refractivity contribution in [2.45, 2.75) is 13.5 Å². The zero-order valence-electron chi connectivity index (χ0n) is 17.1. The van der Waals surface area contributed by atoms with Gasteiger partial charge in [-0.25, -0.2) is 14.4 Å². The summed E-state index contributed by atoms with van der Waals surface area (Å²) in [6.07, 6.45) is 0. The average Bonchev–Trinajstić information content (AvgIpc) is 3.20. The van der Waals surface area contributed by atoms with Crippen molar-refractivity contribution in [2.75, 3.05) is 5.32 Å². The maximum atomic E-state index is 13.2. The third kappa shape index (κ3) is 3.62. The number of carbonyl (C=O) groups excluding carboxylic acids is 1. The van der Waals surface area contributed by atoms with Crippen molar-refractivity contribution < 1.29 is 9.18 Å². The molecule has 32 heavy (non-hydrogen) atoms. The summed E-state index contributed by atoms with van der Waals surface area (Å²) in [6.45, 7) is 1.55. The van der Waals surface area contributed by atoms with Crippen LogP contribution in [0.25, 0.3) is 33.3 Å². The molecule has 5 rings (SSSR count). The van der Waals surface area contributed by atoms with E-state index in [1.54, 1.807) is 55.5 Å². The Hall–Kier alpha value is -4.33. The first kappa shape index (κ1) is 19.6. The topological polar surface area (TPSA) is 92.7 Å². The molecule has 0 atom stereocenters. The van der Waals surface area contributed by atoms with Gasteiger partial charge in [-0.1, -0.05) is 12.1 Å². The molecule has 8 heteroatoms. The molecule has 0 aliphatic carbocycles. The normalized spacial score (nSPS) is 11.2. The molecule has 2 aromatic heterocycles. The number of imidazole rings is 1. The van der Waals surface area contributed by atoms with E-state index in [1.807, 2.05) is 6.07 Å². The smallest absolute Gasteiger partial charge is 0.261 e. The molecule has 0 saturated carbocycles. The molecular formula is C24H18FN5O2. The Morgan fingerprint density at radius 3 is 2.62 bits per heavy atom. The van der Waals surface area contributed by atoms with E-state index in [0.717, 1.165) is 11.1 Å². The van der Waals surface area contributed by atoms with Gasteiger partial charge in [-0.2, -0.15) is 0 Å². The predicted octanol–water partition coefficient (Wildman–Crippen LogP) is 4.03. The number of aromatic nitrogens is 4. The highest BCUT2D eigenvalue weighted by molar-refractivity contribution is 5.93. The summed E-state index contributed by atoms with van der Waals surface area (Å²) in [5, 5.41) is 3.29. The molecule has 2 heterocycles. The Balaban J connectivity index is 1.39. The van der Waals surface area contributed by atoms with E-state index < -0.39 is 0 Å². The lowest BCUT2D eigenvalue weighted by Gasteiger charge is -2.11. The van der Waals surface area contributed by atoms with Crippen molar-refractivity contribution in [3.8, 4) is 11.4 Å². The third-order valence-corrected chi connectivity index (χ3v) is 5.24. The molecular weight excluding hydrogens is 409 g/mol. The number of hydrogen-bond donors (Lipinski definition) is 2. The van der Waals surface area contributed by atoms with Gasteiger partial charge in [-0.15, -0.1) is 0 Å². The summed E-state index contributed by atoms with van der Waals surface area (Å²) in [4.78, 5) is 37.5. The number of carbonyl (C=O) groups is 1. The number of nitrogens with zero attached hydrogens (tertiary/aromatic N) is 3. The molecule has 0 fully saturated rings. The number of benzene rings is 3. The Morgan fingerprint density at radius 2 is 1.81 bits per heavy atom. The molecule has 0 spiro atoms. The van der Waals surface area contributed by atoms with E-state index in [0.29, 0.717) is 33.8 Å². The predicted molar refractivity (Wildman–Crippen MR) is 121 cm³/mol. The van der Waals surface area contributed by atoms with Crippen LogP contribution in [-0.4, -0.2) is 25.4 Å². The standard InChI is InChI=1S/C24H18FN5O2/c1-14-26-19-5-3-2-4-18(19)24(32)30(14)13-22(31)27-17-10-11-20-21(12-17)29-23(28-20)15-6-8-16(25)9-7-15/h2-12H,13H2,1H3,(H,27,31)(H,28,29). The van der Waals surface area contributed by atoms with Gasteiger partial charge < -0.3 is 10.3 Å². The molecule has 0 bridgehead atoms. The number of amides is 1. The molecule has 3 aromatic carbocycles. The minimum absolute atomic E-state index is 0.148. The second kappa shape index (κ2) is 7.73. The van der Waals surface area contributed by atoms with Crippen LogP contribution in [0.4, 0.5) is 10.1 Å². The summed E-state index contributed by atoms with van der Waals surface area (Å²) in [7, 11) is 0. The lowest BCUT2D eigenvalue weighted by molar-refractivity contribution is -0.116. The minimum Gasteiger partial charge on any atom is -0.338 e. The number of aromatic amines is 1. The van der Waals surface area contributed by atoms with Gasteiger partial charge in [0.1, 0.15) is 24.0 Å². The van der Waals surface area contributed by atoms with Crippen LogP contribution < -0.4 is 10.9 Å². The Labute approximate surface area is 181 Å². The number of hydrogen-bond acceptors (Lipinski definition) is 4. The number of aryl methyl sites for hydroxylation is 1. The van der Waals surface area contributed by atoms with E-state index in [4.69, 9.17) is 0 Å². The zero-order chi connectivity index (χ0) is 22.2. The summed E-state index contributed by atoms with van der Waals surface area (Å²) in [6, 6.07) is 18.4. The number of nitrogens with one attached hydrogen (secondary N) is 2. The number of rotatable bonds is 4. The molecule has 0 aliphatic rings. The zero-order valence-corrected chi connectivity index (χ0v) is 17.1.